The maximum absolute atomic E-state index is 11.6. The van der Waals surface area contributed by atoms with E-state index in [1.807, 2.05) is 6.07 Å². The quantitative estimate of drug-likeness (QED) is 0.804. The van der Waals surface area contributed by atoms with Crippen molar-refractivity contribution in [2.24, 2.45) is 0 Å². The maximum Gasteiger partial charge on any atom is 0.491 e. The highest BCUT2D eigenvalue weighted by atomic mass is 35.5. The molecule has 2 N–H and O–H groups in total. The predicted molar refractivity (Wildman–Crippen MR) is 75.7 cm³/mol. The van der Waals surface area contributed by atoms with E-state index in [1.165, 1.54) is 6.07 Å². The van der Waals surface area contributed by atoms with E-state index in [0.717, 1.165) is 5.56 Å². The Kier molecular flexibility index (Phi) is 3.43. The van der Waals surface area contributed by atoms with Crippen LogP contribution in [-0.2, 0) is 11.3 Å². The molecule has 1 aliphatic heterocycles. The van der Waals surface area contributed by atoms with Crippen molar-refractivity contribution in [3.63, 3.8) is 0 Å². The van der Waals surface area contributed by atoms with Gasteiger partial charge in [0.2, 0.25) is 5.88 Å². The monoisotopic (exact) mass is 302 g/mol. The zero-order valence-electron chi connectivity index (χ0n) is 10.6. The largest absolute Gasteiger partial charge is 0.491 e. The minimum Gasteiger partial charge on any atom is -0.441 e. The molecule has 104 valence electrons. The molecule has 0 atom stereocenters. The molecule has 0 saturated carbocycles. The molecule has 2 heterocycles. The van der Waals surface area contributed by atoms with E-state index in [-0.39, 0.29) is 23.1 Å². The Morgan fingerprint density at radius 1 is 1.48 bits per heavy atom. The van der Waals surface area contributed by atoms with Gasteiger partial charge >= 0.3 is 7.12 Å². The number of aromatic amines is 1. The molecular formula is C13H8BClN2O4. The number of benzene rings is 1. The van der Waals surface area contributed by atoms with E-state index < -0.39 is 12.7 Å². The average Bonchev–Trinajstić information content (AvgIpc) is 2.83. The van der Waals surface area contributed by atoms with Gasteiger partial charge in [0.1, 0.15) is 16.8 Å². The number of nitriles is 1. The topological polar surface area (TPSA) is 95.3 Å². The molecule has 1 aromatic heterocycles. The van der Waals surface area contributed by atoms with E-state index >= 15 is 0 Å². The van der Waals surface area contributed by atoms with Crippen molar-refractivity contribution in [3.05, 3.63) is 50.8 Å². The molecule has 0 aliphatic carbocycles. The van der Waals surface area contributed by atoms with Crippen LogP contribution in [-0.4, -0.2) is 17.1 Å². The standard InChI is InChI=1S/C13H8BClN2O4/c15-12-7(5-16)4-11(17-13(12)18)21-9-1-2-10-8(3-9)6-20-14(10)19/h1-4,19H,6H2,(H,17,18). The van der Waals surface area contributed by atoms with Crippen LogP contribution < -0.4 is 15.8 Å². The van der Waals surface area contributed by atoms with E-state index in [1.54, 1.807) is 18.2 Å². The summed E-state index contributed by atoms with van der Waals surface area (Å²) in [6.45, 7) is 0.286. The number of halogens is 1. The molecule has 1 aliphatic rings. The Bertz CT molecular complexity index is 815. The van der Waals surface area contributed by atoms with E-state index in [9.17, 15) is 9.82 Å². The molecular weight excluding hydrogens is 294 g/mol. The van der Waals surface area contributed by atoms with Gasteiger partial charge in [-0.1, -0.05) is 17.7 Å². The summed E-state index contributed by atoms with van der Waals surface area (Å²) >= 11 is 5.69. The molecule has 6 nitrogen and oxygen atoms in total. The summed E-state index contributed by atoms with van der Waals surface area (Å²) in [7, 11) is -0.922. The Morgan fingerprint density at radius 3 is 3.05 bits per heavy atom. The summed E-state index contributed by atoms with van der Waals surface area (Å²) in [5.74, 6) is 0.564. The molecule has 0 spiro atoms. The SMILES string of the molecule is N#Cc1cc(Oc2ccc3c(c2)COB3O)[nH]c(=O)c1Cl. The number of hydrogen-bond acceptors (Lipinski definition) is 5. The molecule has 3 rings (SSSR count). The number of H-pyrrole nitrogens is 1. The zero-order chi connectivity index (χ0) is 15.0. The normalized spacial score (nSPS) is 12.9. The molecule has 0 fully saturated rings. The smallest absolute Gasteiger partial charge is 0.441 e. The Hall–Kier alpha value is -2.27. The molecule has 0 amide bonds. The van der Waals surface area contributed by atoms with Gasteiger partial charge in [-0.05, 0) is 23.2 Å². The fraction of sp³-hybridized carbons (Fsp3) is 0.0769. The second kappa shape index (κ2) is 5.26. The highest BCUT2D eigenvalue weighted by Crippen LogP contribution is 2.23. The molecule has 21 heavy (non-hydrogen) atoms. The van der Waals surface area contributed by atoms with Crippen LogP contribution in [0.25, 0.3) is 0 Å². The molecule has 2 aromatic rings. The van der Waals surface area contributed by atoms with Crippen LogP contribution in [0.3, 0.4) is 0 Å². The van der Waals surface area contributed by atoms with Gasteiger partial charge in [0.25, 0.3) is 5.56 Å². The first-order valence-electron chi connectivity index (χ1n) is 6.02. The second-order valence-electron chi connectivity index (χ2n) is 4.43. The van der Waals surface area contributed by atoms with Crippen molar-refractivity contribution in [2.75, 3.05) is 0 Å². The minimum absolute atomic E-state index is 0.0373. The molecule has 0 saturated heterocycles. The highest BCUT2D eigenvalue weighted by molar-refractivity contribution is 6.61. The summed E-state index contributed by atoms with van der Waals surface area (Å²) in [5, 5.41) is 18.3. The Morgan fingerprint density at radius 2 is 2.29 bits per heavy atom. The maximum atomic E-state index is 11.6. The number of fused-ring (bicyclic) bond motifs is 1. The average molecular weight is 302 g/mol. The lowest BCUT2D eigenvalue weighted by molar-refractivity contribution is 0.275. The number of aromatic nitrogens is 1. The van der Waals surface area contributed by atoms with Gasteiger partial charge in [0.05, 0.1) is 12.2 Å². The fourth-order valence-electron chi connectivity index (χ4n) is 2.05. The summed E-state index contributed by atoms with van der Waals surface area (Å²) in [6.07, 6.45) is 0. The molecule has 8 heteroatoms. The number of pyridine rings is 1. The number of nitrogens with one attached hydrogen (secondary N) is 1. The van der Waals surface area contributed by atoms with E-state index in [2.05, 4.69) is 4.98 Å². The van der Waals surface area contributed by atoms with Crippen LogP contribution in [0.2, 0.25) is 5.02 Å². The van der Waals surface area contributed by atoms with Gasteiger partial charge in [0, 0.05) is 6.07 Å². The first kappa shape index (κ1) is 13.7. The third-order valence-corrected chi connectivity index (χ3v) is 3.45. The van der Waals surface area contributed by atoms with E-state index in [4.69, 9.17) is 26.3 Å². The fourth-order valence-corrected chi connectivity index (χ4v) is 2.20. The van der Waals surface area contributed by atoms with E-state index in [0.29, 0.717) is 11.2 Å². The van der Waals surface area contributed by atoms with Crippen molar-refractivity contribution in [3.8, 4) is 17.7 Å². The van der Waals surface area contributed by atoms with Crippen LogP contribution in [0.5, 0.6) is 11.6 Å². The predicted octanol–water partition coefficient (Wildman–Crippen LogP) is 0.910. The van der Waals surface area contributed by atoms with Crippen LogP contribution in [0, 0.1) is 11.3 Å². The van der Waals surface area contributed by atoms with Crippen LogP contribution in [0.15, 0.2) is 29.1 Å². The molecule has 0 radical (unpaired) electrons. The zero-order valence-corrected chi connectivity index (χ0v) is 11.3. The first-order chi connectivity index (χ1) is 10.1. The van der Waals surface area contributed by atoms with Crippen LogP contribution in [0.1, 0.15) is 11.1 Å². The van der Waals surface area contributed by atoms with Crippen molar-refractivity contribution < 1.29 is 14.4 Å². The second-order valence-corrected chi connectivity index (χ2v) is 4.81. The molecule has 0 unspecified atom stereocenters. The summed E-state index contributed by atoms with van der Waals surface area (Å²) in [6, 6.07) is 8.19. The third-order valence-electron chi connectivity index (χ3n) is 3.07. The van der Waals surface area contributed by atoms with Gasteiger partial charge in [-0.15, -0.1) is 0 Å². The summed E-state index contributed by atoms with van der Waals surface area (Å²) in [4.78, 5) is 14.0. The lowest BCUT2D eigenvalue weighted by Crippen LogP contribution is -2.27. The minimum atomic E-state index is -0.922. The van der Waals surface area contributed by atoms with Gasteiger partial charge in [-0.2, -0.15) is 5.26 Å². The van der Waals surface area contributed by atoms with Crippen LogP contribution in [0.4, 0.5) is 0 Å². The molecule has 1 aromatic carbocycles. The van der Waals surface area contributed by atoms with Crippen LogP contribution >= 0.6 is 11.6 Å². The number of nitrogens with zero attached hydrogens (tertiary/aromatic N) is 1. The van der Waals surface area contributed by atoms with Gasteiger partial charge in [-0.25, -0.2) is 0 Å². The molecule has 0 bridgehead atoms. The van der Waals surface area contributed by atoms with Gasteiger partial charge in [-0.3, -0.25) is 9.78 Å². The number of ether oxygens (including phenoxy) is 1. The lowest BCUT2D eigenvalue weighted by atomic mass is 9.80. The Balaban J connectivity index is 1.93. The Labute approximate surface area is 124 Å². The van der Waals surface area contributed by atoms with Gasteiger partial charge in [0.15, 0.2) is 0 Å². The van der Waals surface area contributed by atoms with Crippen molar-refractivity contribution in [1.29, 1.82) is 5.26 Å². The van der Waals surface area contributed by atoms with Gasteiger partial charge < -0.3 is 14.4 Å². The summed E-state index contributed by atoms with van der Waals surface area (Å²) in [5.41, 5.74) is 0.933. The highest BCUT2D eigenvalue weighted by Gasteiger charge is 2.27. The first-order valence-corrected chi connectivity index (χ1v) is 6.39. The number of rotatable bonds is 2. The summed E-state index contributed by atoms with van der Waals surface area (Å²) < 4.78 is 10.6. The van der Waals surface area contributed by atoms with Crippen molar-refractivity contribution in [2.45, 2.75) is 6.61 Å². The van der Waals surface area contributed by atoms with Crippen molar-refractivity contribution >= 4 is 24.2 Å². The lowest BCUT2D eigenvalue weighted by Gasteiger charge is -2.07. The van der Waals surface area contributed by atoms with Crippen molar-refractivity contribution in [1.82, 2.24) is 4.98 Å². The number of hydrogen-bond donors (Lipinski definition) is 2. The third kappa shape index (κ3) is 2.52.